The Morgan fingerprint density at radius 2 is 2.07 bits per heavy atom. The van der Waals surface area contributed by atoms with Crippen molar-refractivity contribution in [3.8, 4) is 17.6 Å². The summed E-state index contributed by atoms with van der Waals surface area (Å²) in [6.07, 6.45) is 0. The Labute approximate surface area is 185 Å². The third kappa shape index (κ3) is 4.76. The van der Waals surface area contributed by atoms with E-state index in [-0.39, 0.29) is 50.1 Å². The number of imidazole rings is 1. The molecule has 0 aliphatic carbocycles. The highest BCUT2D eigenvalue weighted by Gasteiger charge is 2.19. The molecular formula is C19H13Cl3FN5O2. The molecule has 0 bridgehead atoms. The van der Waals surface area contributed by atoms with Crippen LogP contribution in [0.1, 0.15) is 21.6 Å². The molecular weight excluding hydrogens is 456 g/mol. The molecule has 1 aromatic heterocycles. The second-order valence-corrected chi connectivity index (χ2v) is 7.12. The highest BCUT2D eigenvalue weighted by atomic mass is 35.5. The van der Waals surface area contributed by atoms with E-state index in [0.717, 1.165) is 0 Å². The van der Waals surface area contributed by atoms with Gasteiger partial charge in [0.05, 0.1) is 16.7 Å². The number of hydrogen-bond acceptors (Lipinski definition) is 5. The Morgan fingerprint density at radius 1 is 1.30 bits per heavy atom. The molecule has 3 N–H and O–H groups in total. The van der Waals surface area contributed by atoms with Crippen LogP contribution in [-0.2, 0) is 6.54 Å². The van der Waals surface area contributed by atoms with E-state index in [1.54, 1.807) is 7.05 Å². The molecule has 1 amide bonds. The lowest BCUT2D eigenvalue weighted by molar-refractivity contribution is 0.0946. The Kier molecular flexibility index (Phi) is 6.67. The first-order valence-corrected chi connectivity index (χ1v) is 9.52. The van der Waals surface area contributed by atoms with Gasteiger partial charge in [0.25, 0.3) is 5.91 Å². The predicted octanol–water partition coefficient (Wildman–Crippen LogP) is 5.14. The molecule has 2 aromatic carbocycles. The van der Waals surface area contributed by atoms with Crippen LogP contribution < -0.4 is 15.4 Å². The Balaban J connectivity index is 1.81. The zero-order valence-electron chi connectivity index (χ0n) is 15.3. The summed E-state index contributed by atoms with van der Waals surface area (Å²) < 4.78 is 20.5. The summed E-state index contributed by atoms with van der Waals surface area (Å²) in [6.45, 7) is -0.165. The zero-order valence-corrected chi connectivity index (χ0v) is 17.6. The first kappa shape index (κ1) is 21.7. The maximum absolute atomic E-state index is 15.0. The summed E-state index contributed by atoms with van der Waals surface area (Å²) in [6, 6.07) is 9.04. The van der Waals surface area contributed by atoms with E-state index < -0.39 is 11.7 Å². The van der Waals surface area contributed by atoms with Crippen LogP contribution in [0.25, 0.3) is 0 Å². The summed E-state index contributed by atoms with van der Waals surface area (Å²) in [5.41, 5.74) is 0.402. The van der Waals surface area contributed by atoms with Crippen molar-refractivity contribution < 1.29 is 13.9 Å². The van der Waals surface area contributed by atoms with Crippen LogP contribution in [0.2, 0.25) is 15.2 Å². The van der Waals surface area contributed by atoms with Crippen molar-refractivity contribution in [2.24, 2.45) is 0 Å². The molecule has 3 aromatic rings. The predicted molar refractivity (Wildman–Crippen MR) is 112 cm³/mol. The van der Waals surface area contributed by atoms with Crippen molar-refractivity contribution >= 4 is 46.7 Å². The first-order valence-electron chi connectivity index (χ1n) is 8.39. The lowest BCUT2D eigenvalue weighted by Gasteiger charge is -2.13. The summed E-state index contributed by atoms with van der Waals surface area (Å²) >= 11 is 17.9. The lowest BCUT2D eigenvalue weighted by Crippen LogP contribution is -2.24. The van der Waals surface area contributed by atoms with Gasteiger partial charge in [-0.25, -0.2) is 9.37 Å². The molecule has 0 atom stereocenters. The molecule has 0 unspecified atom stereocenters. The highest BCUT2D eigenvalue weighted by molar-refractivity contribution is 6.33. The fourth-order valence-corrected chi connectivity index (χ4v) is 3.12. The smallest absolute Gasteiger partial charge is 0.271 e. The minimum absolute atomic E-state index is 0.0105. The topological polar surface area (TPSA) is 103 Å². The van der Waals surface area contributed by atoms with E-state index in [0.29, 0.717) is 5.95 Å². The van der Waals surface area contributed by atoms with Gasteiger partial charge >= 0.3 is 0 Å². The summed E-state index contributed by atoms with van der Waals surface area (Å²) in [4.78, 5) is 18.9. The molecule has 1 heterocycles. The van der Waals surface area contributed by atoms with Crippen molar-refractivity contribution in [1.82, 2.24) is 15.3 Å². The number of amides is 1. The molecule has 11 heteroatoms. The summed E-state index contributed by atoms with van der Waals surface area (Å²) in [5, 5.41) is 14.5. The quantitative estimate of drug-likeness (QED) is 0.464. The van der Waals surface area contributed by atoms with Gasteiger partial charge in [-0.3, -0.25) is 4.79 Å². The van der Waals surface area contributed by atoms with Gasteiger partial charge in [-0.2, -0.15) is 5.26 Å². The number of nitrogens with one attached hydrogen (secondary N) is 3. The van der Waals surface area contributed by atoms with Crippen molar-refractivity contribution in [3.05, 3.63) is 68.2 Å². The van der Waals surface area contributed by atoms with Crippen LogP contribution in [0.5, 0.6) is 11.5 Å². The number of benzene rings is 2. The van der Waals surface area contributed by atoms with Crippen LogP contribution in [0.15, 0.2) is 30.3 Å². The van der Waals surface area contributed by atoms with E-state index in [4.69, 9.17) is 44.8 Å². The third-order valence-electron chi connectivity index (χ3n) is 3.91. The first-order chi connectivity index (χ1) is 14.3. The van der Waals surface area contributed by atoms with Gasteiger partial charge in [0.15, 0.2) is 16.7 Å². The maximum Gasteiger partial charge on any atom is 0.271 e. The van der Waals surface area contributed by atoms with Gasteiger partial charge in [0.1, 0.15) is 11.4 Å². The fourth-order valence-electron chi connectivity index (χ4n) is 2.49. The zero-order chi connectivity index (χ0) is 21.8. The van der Waals surface area contributed by atoms with E-state index in [9.17, 15) is 9.18 Å². The van der Waals surface area contributed by atoms with Crippen LogP contribution in [0.3, 0.4) is 0 Å². The molecule has 154 valence electrons. The number of anilines is 1. The minimum atomic E-state index is -0.770. The van der Waals surface area contributed by atoms with Crippen LogP contribution >= 0.6 is 34.8 Å². The Morgan fingerprint density at radius 3 is 2.73 bits per heavy atom. The number of carbonyl (C=O) groups is 1. The average Bonchev–Trinajstić information content (AvgIpc) is 3.10. The standard InChI is InChI=1S/C19H13Cl3FN5O2/c1-25-19-27-15(17(22)28-19)18(29)26-8-10-2-3-13(21)16(14(10)23)30-12-5-9(7-24)4-11(20)6-12/h2-6H,8H2,1H3,(H,26,29)(H2,25,27,28). The molecule has 7 nitrogen and oxygen atoms in total. The van der Waals surface area contributed by atoms with Gasteiger partial charge in [-0.15, -0.1) is 0 Å². The number of nitrogens with zero attached hydrogens (tertiary/aromatic N) is 2. The molecule has 30 heavy (non-hydrogen) atoms. The highest BCUT2D eigenvalue weighted by Crippen LogP contribution is 2.35. The molecule has 3 rings (SSSR count). The number of halogens is 4. The van der Waals surface area contributed by atoms with Gasteiger partial charge in [-0.05, 0) is 24.3 Å². The number of aromatic amines is 1. The molecule has 0 fully saturated rings. The maximum atomic E-state index is 15.0. The molecule has 0 saturated carbocycles. The van der Waals surface area contributed by atoms with Gasteiger partial charge in [0, 0.05) is 24.2 Å². The van der Waals surface area contributed by atoms with Crippen LogP contribution in [-0.4, -0.2) is 22.9 Å². The summed E-state index contributed by atoms with van der Waals surface area (Å²) in [5.74, 6) is -1.14. The third-order valence-corrected chi connectivity index (χ3v) is 4.70. The number of nitriles is 1. The van der Waals surface area contributed by atoms with E-state index in [1.807, 2.05) is 6.07 Å². The van der Waals surface area contributed by atoms with E-state index in [1.165, 1.54) is 30.3 Å². The van der Waals surface area contributed by atoms with Crippen molar-refractivity contribution in [2.75, 3.05) is 12.4 Å². The average molecular weight is 469 g/mol. The van der Waals surface area contributed by atoms with E-state index in [2.05, 4.69) is 20.6 Å². The molecule has 0 saturated heterocycles. The normalized spacial score (nSPS) is 10.4. The van der Waals surface area contributed by atoms with Gasteiger partial charge in [0.2, 0.25) is 5.95 Å². The van der Waals surface area contributed by atoms with Crippen LogP contribution in [0.4, 0.5) is 10.3 Å². The number of rotatable bonds is 6. The SMILES string of the molecule is CNc1nc(Cl)c(C(=O)NCc2ccc(Cl)c(Oc3cc(Cl)cc(C#N)c3)c2F)[nH]1. The number of ether oxygens (including phenoxy) is 1. The Bertz CT molecular complexity index is 1160. The van der Waals surface area contributed by atoms with Gasteiger partial charge in [-0.1, -0.05) is 40.9 Å². The van der Waals surface area contributed by atoms with Crippen molar-refractivity contribution in [2.45, 2.75) is 6.54 Å². The summed E-state index contributed by atoms with van der Waals surface area (Å²) in [7, 11) is 1.61. The van der Waals surface area contributed by atoms with Crippen molar-refractivity contribution in [1.29, 1.82) is 5.26 Å². The second kappa shape index (κ2) is 9.22. The molecule has 0 spiro atoms. The van der Waals surface area contributed by atoms with Crippen LogP contribution in [0, 0.1) is 17.1 Å². The number of H-pyrrole nitrogens is 1. The lowest BCUT2D eigenvalue weighted by atomic mass is 10.2. The van der Waals surface area contributed by atoms with Crippen molar-refractivity contribution in [3.63, 3.8) is 0 Å². The Hall–Kier alpha value is -2.99. The fraction of sp³-hybridized carbons (Fsp3) is 0.105. The molecule has 0 radical (unpaired) electrons. The number of hydrogen-bond donors (Lipinski definition) is 3. The minimum Gasteiger partial charge on any atom is -0.453 e. The monoisotopic (exact) mass is 467 g/mol. The molecule has 0 aliphatic rings. The number of aromatic nitrogens is 2. The number of carbonyl (C=O) groups excluding carboxylic acids is 1. The van der Waals surface area contributed by atoms with Gasteiger partial charge < -0.3 is 20.4 Å². The second-order valence-electron chi connectivity index (χ2n) is 5.92. The largest absolute Gasteiger partial charge is 0.453 e. The van der Waals surface area contributed by atoms with E-state index >= 15 is 0 Å². The molecule has 0 aliphatic heterocycles.